The summed E-state index contributed by atoms with van der Waals surface area (Å²) in [6.45, 7) is 0. The Bertz CT molecular complexity index is 1050. The van der Waals surface area contributed by atoms with E-state index in [2.05, 4.69) is 26.0 Å². The van der Waals surface area contributed by atoms with Crippen molar-refractivity contribution in [2.45, 2.75) is 5.16 Å². The van der Waals surface area contributed by atoms with Gasteiger partial charge in [0.15, 0.2) is 0 Å². The summed E-state index contributed by atoms with van der Waals surface area (Å²) in [4.78, 5) is 12.3. The number of aromatic nitrogens is 3. The number of nitrogen functional groups attached to an aromatic ring is 1. The fraction of sp³-hybridized carbons (Fsp3) is 0.158. The van der Waals surface area contributed by atoms with Crippen molar-refractivity contribution in [3.63, 3.8) is 0 Å². The molecule has 31 heavy (non-hydrogen) atoms. The third kappa shape index (κ3) is 6.09. The molecule has 1 aromatic heterocycles. The predicted molar refractivity (Wildman–Crippen MR) is 117 cm³/mol. The number of nitrogens with one attached hydrogen (secondary N) is 2. The standard InChI is InChI=1S/C19H20FN7O3S/c1-29-15-7-14(8-16(9-15)30-2)23-17(28)11-31-19-26-25-18(27(19)21)24-22-10-12-3-5-13(20)6-4-12/h3-10H,11,21H2,1-2H3,(H,23,28)(H,24,25)/b22-10+. The highest BCUT2D eigenvalue weighted by Crippen LogP contribution is 2.26. The number of ether oxygens (including phenoxy) is 2. The average Bonchev–Trinajstić information content (AvgIpc) is 3.12. The summed E-state index contributed by atoms with van der Waals surface area (Å²) in [5.74, 6) is 6.68. The van der Waals surface area contributed by atoms with Crippen LogP contribution < -0.4 is 26.1 Å². The zero-order chi connectivity index (χ0) is 22.2. The van der Waals surface area contributed by atoms with Crippen LogP contribution in [0, 0.1) is 5.82 Å². The highest BCUT2D eigenvalue weighted by Gasteiger charge is 2.13. The van der Waals surface area contributed by atoms with Gasteiger partial charge in [0.2, 0.25) is 11.1 Å². The molecule has 0 spiro atoms. The molecule has 1 heterocycles. The van der Waals surface area contributed by atoms with E-state index >= 15 is 0 Å². The molecule has 0 atom stereocenters. The van der Waals surface area contributed by atoms with Gasteiger partial charge in [0.1, 0.15) is 17.3 Å². The van der Waals surface area contributed by atoms with E-state index in [1.54, 1.807) is 30.3 Å². The summed E-state index contributed by atoms with van der Waals surface area (Å²) in [5.41, 5.74) is 3.88. The third-order valence-corrected chi connectivity index (χ3v) is 4.82. The number of thioether (sulfide) groups is 1. The Labute approximate surface area is 181 Å². The number of nitrogens with zero attached hydrogens (tertiary/aromatic N) is 4. The van der Waals surface area contributed by atoms with Crippen LogP contribution >= 0.6 is 11.8 Å². The van der Waals surface area contributed by atoms with Crippen molar-refractivity contribution >= 4 is 35.5 Å². The third-order valence-electron chi connectivity index (χ3n) is 3.88. The van der Waals surface area contributed by atoms with E-state index in [-0.39, 0.29) is 23.4 Å². The number of benzene rings is 2. The summed E-state index contributed by atoms with van der Waals surface area (Å²) in [7, 11) is 3.05. The summed E-state index contributed by atoms with van der Waals surface area (Å²) >= 11 is 1.10. The molecule has 0 aliphatic heterocycles. The minimum absolute atomic E-state index is 0.0493. The van der Waals surface area contributed by atoms with Crippen LogP contribution in [0.5, 0.6) is 11.5 Å². The van der Waals surface area contributed by atoms with E-state index in [1.807, 2.05) is 0 Å². The van der Waals surface area contributed by atoms with E-state index in [1.165, 1.54) is 37.2 Å². The zero-order valence-corrected chi connectivity index (χ0v) is 17.5. The van der Waals surface area contributed by atoms with Crippen molar-refractivity contribution in [2.75, 3.05) is 36.6 Å². The van der Waals surface area contributed by atoms with E-state index in [4.69, 9.17) is 15.3 Å². The van der Waals surface area contributed by atoms with Gasteiger partial charge in [0.25, 0.3) is 5.95 Å². The molecule has 162 valence electrons. The molecule has 3 aromatic rings. The SMILES string of the molecule is COc1cc(NC(=O)CSc2nnc(N/N=C/c3ccc(F)cc3)n2N)cc(OC)c1. The predicted octanol–water partition coefficient (Wildman–Crippen LogP) is 2.33. The van der Waals surface area contributed by atoms with Gasteiger partial charge in [-0.15, -0.1) is 10.2 Å². The Kier molecular flexibility index (Phi) is 7.27. The van der Waals surface area contributed by atoms with Crippen LogP contribution in [0.3, 0.4) is 0 Å². The first-order valence-corrected chi connectivity index (χ1v) is 9.88. The lowest BCUT2D eigenvalue weighted by atomic mass is 10.2. The van der Waals surface area contributed by atoms with Crippen LogP contribution in [0.15, 0.2) is 52.7 Å². The number of amides is 1. The molecule has 0 aliphatic carbocycles. The van der Waals surface area contributed by atoms with Crippen LogP contribution in [-0.4, -0.2) is 47.0 Å². The summed E-state index contributed by atoms with van der Waals surface area (Å²) in [6, 6.07) is 10.9. The molecule has 1 amide bonds. The van der Waals surface area contributed by atoms with Crippen LogP contribution in [0.1, 0.15) is 5.56 Å². The number of carbonyl (C=O) groups is 1. The molecule has 0 aliphatic rings. The van der Waals surface area contributed by atoms with Gasteiger partial charge in [-0.1, -0.05) is 23.9 Å². The smallest absolute Gasteiger partial charge is 0.264 e. The number of halogens is 1. The van der Waals surface area contributed by atoms with Crippen molar-refractivity contribution in [2.24, 2.45) is 5.10 Å². The lowest BCUT2D eigenvalue weighted by molar-refractivity contribution is -0.113. The lowest BCUT2D eigenvalue weighted by Gasteiger charge is -2.09. The Hall–Kier alpha value is -3.80. The molecule has 0 bridgehead atoms. The number of anilines is 2. The van der Waals surface area contributed by atoms with Gasteiger partial charge in [0.05, 0.1) is 26.2 Å². The maximum Gasteiger partial charge on any atom is 0.264 e. The van der Waals surface area contributed by atoms with Gasteiger partial charge in [-0.3, -0.25) is 4.79 Å². The van der Waals surface area contributed by atoms with Crippen molar-refractivity contribution in [1.82, 2.24) is 14.9 Å². The first-order chi connectivity index (χ1) is 15.0. The van der Waals surface area contributed by atoms with E-state index in [9.17, 15) is 9.18 Å². The first-order valence-electron chi connectivity index (χ1n) is 8.89. The average molecular weight is 445 g/mol. The molecule has 4 N–H and O–H groups in total. The van der Waals surface area contributed by atoms with Gasteiger partial charge >= 0.3 is 0 Å². The fourth-order valence-corrected chi connectivity index (χ4v) is 3.03. The molecule has 0 saturated heterocycles. The first kappa shape index (κ1) is 21.9. The van der Waals surface area contributed by atoms with Gasteiger partial charge in [-0.05, 0) is 17.7 Å². The van der Waals surface area contributed by atoms with Gasteiger partial charge in [-0.25, -0.2) is 14.5 Å². The van der Waals surface area contributed by atoms with Crippen molar-refractivity contribution in [3.05, 3.63) is 53.8 Å². The second-order valence-corrected chi connectivity index (χ2v) is 6.98. The maximum absolute atomic E-state index is 12.9. The van der Waals surface area contributed by atoms with Crippen molar-refractivity contribution < 1.29 is 18.7 Å². The number of hydrogen-bond acceptors (Lipinski definition) is 9. The lowest BCUT2D eigenvalue weighted by Crippen LogP contribution is -2.17. The van der Waals surface area contributed by atoms with Crippen LogP contribution in [-0.2, 0) is 4.79 Å². The summed E-state index contributed by atoms with van der Waals surface area (Å²) in [6.07, 6.45) is 1.48. The molecule has 0 unspecified atom stereocenters. The highest BCUT2D eigenvalue weighted by molar-refractivity contribution is 7.99. The van der Waals surface area contributed by atoms with Gasteiger partial charge in [-0.2, -0.15) is 5.10 Å². The van der Waals surface area contributed by atoms with Crippen LogP contribution in [0.4, 0.5) is 16.0 Å². The second-order valence-electron chi connectivity index (χ2n) is 6.04. The number of nitrogens with two attached hydrogens (primary N) is 1. The Balaban J connectivity index is 1.54. The summed E-state index contributed by atoms with van der Waals surface area (Å²) in [5, 5.41) is 14.9. The topological polar surface area (TPSA) is 129 Å². The number of methoxy groups -OCH3 is 2. The summed E-state index contributed by atoms with van der Waals surface area (Å²) < 4.78 is 24.4. The number of carbonyl (C=O) groups excluding carboxylic acids is 1. The Morgan fingerprint density at radius 3 is 2.52 bits per heavy atom. The zero-order valence-electron chi connectivity index (χ0n) is 16.7. The quantitative estimate of drug-likeness (QED) is 0.198. The number of hydrazone groups is 1. The van der Waals surface area contributed by atoms with Crippen LogP contribution in [0.2, 0.25) is 0 Å². The fourth-order valence-electron chi connectivity index (χ4n) is 2.37. The van der Waals surface area contributed by atoms with Crippen LogP contribution in [0.25, 0.3) is 0 Å². The second kappa shape index (κ2) is 10.3. The van der Waals surface area contributed by atoms with Gasteiger partial charge < -0.3 is 20.6 Å². The molecular weight excluding hydrogens is 425 g/mol. The largest absolute Gasteiger partial charge is 0.497 e. The molecule has 2 aromatic carbocycles. The normalized spacial score (nSPS) is 10.8. The Morgan fingerprint density at radius 1 is 1.19 bits per heavy atom. The minimum Gasteiger partial charge on any atom is -0.497 e. The maximum atomic E-state index is 12.9. The molecule has 0 radical (unpaired) electrons. The molecule has 0 saturated carbocycles. The van der Waals surface area contributed by atoms with Crippen molar-refractivity contribution in [1.29, 1.82) is 0 Å². The molecule has 12 heteroatoms. The highest BCUT2D eigenvalue weighted by atomic mass is 32.2. The Morgan fingerprint density at radius 2 is 1.87 bits per heavy atom. The van der Waals surface area contributed by atoms with E-state index in [0.717, 1.165) is 11.8 Å². The molecular formula is C19H20FN7O3S. The molecule has 0 fully saturated rings. The van der Waals surface area contributed by atoms with E-state index < -0.39 is 0 Å². The molecule has 10 nitrogen and oxygen atoms in total. The molecule has 3 rings (SSSR count). The number of hydrogen-bond donors (Lipinski definition) is 3. The van der Waals surface area contributed by atoms with E-state index in [0.29, 0.717) is 27.9 Å². The van der Waals surface area contributed by atoms with Gasteiger partial charge in [0, 0.05) is 23.9 Å². The number of rotatable bonds is 9. The van der Waals surface area contributed by atoms with Crippen molar-refractivity contribution in [3.8, 4) is 11.5 Å². The minimum atomic E-state index is -0.331. The monoisotopic (exact) mass is 445 g/mol.